The molecule has 0 spiro atoms. The van der Waals surface area contributed by atoms with Crippen molar-refractivity contribution in [2.45, 2.75) is 17.0 Å². The van der Waals surface area contributed by atoms with Crippen LogP contribution in [-0.4, -0.2) is 32.9 Å². The Labute approximate surface area is 120 Å². The van der Waals surface area contributed by atoms with Crippen molar-refractivity contribution in [3.05, 3.63) is 29.6 Å². The average molecular weight is 293 g/mol. The summed E-state index contributed by atoms with van der Waals surface area (Å²) in [6, 6.07) is 5.29. The van der Waals surface area contributed by atoms with E-state index in [1.54, 1.807) is 19.2 Å². The lowest BCUT2D eigenvalue weighted by Gasteiger charge is -2.09. The molecule has 0 radical (unpaired) electrons. The minimum absolute atomic E-state index is 0.0362. The standard InChI is InChI=1S/C12H15N5O2S/c1-7-14-15-12(17(7)2)20-10-6-8(19-3)4-5-9(10)11(13)16-18/h4-6,18H,1-3H3,(H2,13,16). The molecule has 0 amide bonds. The van der Waals surface area contributed by atoms with Crippen LogP contribution in [0.15, 0.2) is 33.4 Å². The van der Waals surface area contributed by atoms with Gasteiger partial charge in [-0.3, -0.25) is 0 Å². The molecule has 3 N–H and O–H groups in total. The molecule has 0 aliphatic heterocycles. The van der Waals surface area contributed by atoms with Crippen molar-refractivity contribution in [3.8, 4) is 5.75 Å². The molecule has 20 heavy (non-hydrogen) atoms. The summed E-state index contributed by atoms with van der Waals surface area (Å²) in [6.07, 6.45) is 0. The minimum atomic E-state index is 0.0362. The van der Waals surface area contributed by atoms with Crippen molar-refractivity contribution >= 4 is 17.6 Å². The normalized spacial score (nSPS) is 11.7. The van der Waals surface area contributed by atoms with Gasteiger partial charge >= 0.3 is 0 Å². The number of rotatable bonds is 4. The fourth-order valence-electron chi connectivity index (χ4n) is 1.55. The van der Waals surface area contributed by atoms with Crippen LogP contribution in [-0.2, 0) is 7.05 Å². The third-order valence-electron chi connectivity index (χ3n) is 2.83. The first-order valence-electron chi connectivity index (χ1n) is 5.76. The Bertz CT molecular complexity index is 653. The second-order valence-corrected chi connectivity index (χ2v) is 5.05. The van der Waals surface area contributed by atoms with Crippen LogP contribution in [0.2, 0.25) is 0 Å². The van der Waals surface area contributed by atoms with E-state index >= 15 is 0 Å². The molecule has 0 unspecified atom stereocenters. The number of nitrogens with zero attached hydrogens (tertiary/aromatic N) is 4. The van der Waals surface area contributed by atoms with Gasteiger partial charge in [-0.05, 0) is 36.9 Å². The lowest BCUT2D eigenvalue weighted by atomic mass is 10.2. The SMILES string of the molecule is COc1ccc(/C(N)=N/O)c(Sc2nnc(C)n2C)c1. The summed E-state index contributed by atoms with van der Waals surface area (Å²) in [5, 5.41) is 20.7. The van der Waals surface area contributed by atoms with Crippen molar-refractivity contribution in [3.63, 3.8) is 0 Å². The number of nitrogens with two attached hydrogens (primary N) is 1. The van der Waals surface area contributed by atoms with E-state index in [0.29, 0.717) is 16.5 Å². The fourth-order valence-corrected chi connectivity index (χ4v) is 2.56. The van der Waals surface area contributed by atoms with E-state index < -0.39 is 0 Å². The van der Waals surface area contributed by atoms with E-state index in [4.69, 9.17) is 15.7 Å². The second kappa shape index (κ2) is 5.83. The van der Waals surface area contributed by atoms with Gasteiger partial charge in [0, 0.05) is 17.5 Å². The number of ether oxygens (including phenoxy) is 1. The van der Waals surface area contributed by atoms with Crippen LogP contribution < -0.4 is 10.5 Å². The Hall–Kier alpha value is -2.22. The van der Waals surface area contributed by atoms with Crippen LogP contribution in [0.4, 0.5) is 0 Å². The summed E-state index contributed by atoms with van der Waals surface area (Å²) in [5.41, 5.74) is 6.30. The molecule has 7 nitrogen and oxygen atoms in total. The highest BCUT2D eigenvalue weighted by Crippen LogP contribution is 2.32. The third-order valence-corrected chi connectivity index (χ3v) is 3.92. The zero-order valence-electron chi connectivity index (χ0n) is 11.4. The molecular formula is C12H15N5O2S. The number of amidine groups is 1. The number of hydrogen-bond donors (Lipinski definition) is 2. The average Bonchev–Trinajstić information content (AvgIpc) is 2.78. The zero-order valence-corrected chi connectivity index (χ0v) is 12.2. The van der Waals surface area contributed by atoms with Crippen LogP contribution >= 0.6 is 11.8 Å². The first-order chi connectivity index (χ1) is 9.56. The largest absolute Gasteiger partial charge is 0.497 e. The number of aromatic nitrogens is 3. The summed E-state index contributed by atoms with van der Waals surface area (Å²) in [5.74, 6) is 1.52. The first-order valence-corrected chi connectivity index (χ1v) is 6.58. The molecule has 0 fully saturated rings. The summed E-state index contributed by atoms with van der Waals surface area (Å²) in [7, 11) is 3.46. The first kappa shape index (κ1) is 14.2. The molecule has 0 saturated carbocycles. The monoisotopic (exact) mass is 293 g/mol. The van der Waals surface area contributed by atoms with Gasteiger partial charge in [0.05, 0.1) is 7.11 Å². The molecule has 0 aliphatic carbocycles. The molecule has 2 rings (SSSR count). The lowest BCUT2D eigenvalue weighted by Crippen LogP contribution is -2.14. The lowest BCUT2D eigenvalue weighted by molar-refractivity contribution is 0.318. The zero-order chi connectivity index (χ0) is 14.7. The maximum atomic E-state index is 8.85. The van der Waals surface area contributed by atoms with Crippen molar-refractivity contribution in [1.82, 2.24) is 14.8 Å². The quantitative estimate of drug-likeness (QED) is 0.382. The number of methoxy groups -OCH3 is 1. The minimum Gasteiger partial charge on any atom is -0.497 e. The second-order valence-electron chi connectivity index (χ2n) is 4.04. The number of benzene rings is 1. The number of hydrogen-bond acceptors (Lipinski definition) is 6. The molecule has 0 bridgehead atoms. The van der Waals surface area contributed by atoms with E-state index in [1.807, 2.05) is 24.6 Å². The van der Waals surface area contributed by atoms with Gasteiger partial charge in [-0.2, -0.15) is 0 Å². The maximum Gasteiger partial charge on any atom is 0.195 e. The molecule has 8 heteroatoms. The Morgan fingerprint density at radius 1 is 1.45 bits per heavy atom. The van der Waals surface area contributed by atoms with Crippen LogP contribution in [0.1, 0.15) is 11.4 Å². The number of oxime groups is 1. The van der Waals surface area contributed by atoms with Gasteiger partial charge in [0.1, 0.15) is 11.6 Å². The Kier molecular flexibility index (Phi) is 4.14. The Morgan fingerprint density at radius 3 is 2.75 bits per heavy atom. The summed E-state index contributed by atoms with van der Waals surface area (Å²) < 4.78 is 7.06. The van der Waals surface area contributed by atoms with Gasteiger partial charge in [-0.1, -0.05) is 5.16 Å². The fraction of sp³-hybridized carbons (Fsp3) is 0.250. The molecule has 2 aromatic rings. The van der Waals surface area contributed by atoms with Crippen LogP contribution in [0.3, 0.4) is 0 Å². The van der Waals surface area contributed by atoms with Crippen molar-refractivity contribution in [1.29, 1.82) is 0 Å². The predicted octanol–water partition coefficient (Wildman–Crippen LogP) is 1.38. The van der Waals surface area contributed by atoms with Gasteiger partial charge in [0.2, 0.25) is 0 Å². The van der Waals surface area contributed by atoms with Crippen LogP contribution in [0, 0.1) is 6.92 Å². The third kappa shape index (κ3) is 2.69. The van der Waals surface area contributed by atoms with Gasteiger partial charge in [-0.15, -0.1) is 10.2 Å². The molecule has 106 valence electrons. The summed E-state index contributed by atoms with van der Waals surface area (Å²) in [6.45, 7) is 1.87. The topological polar surface area (TPSA) is 98.6 Å². The van der Waals surface area contributed by atoms with Gasteiger partial charge in [0.25, 0.3) is 0 Å². The molecule has 0 aliphatic rings. The van der Waals surface area contributed by atoms with Crippen LogP contribution in [0.5, 0.6) is 5.75 Å². The van der Waals surface area contributed by atoms with E-state index in [0.717, 1.165) is 10.7 Å². The highest BCUT2D eigenvalue weighted by atomic mass is 32.2. The summed E-state index contributed by atoms with van der Waals surface area (Å²) in [4.78, 5) is 0.773. The molecule has 0 saturated heterocycles. The molecule has 0 atom stereocenters. The highest BCUT2D eigenvalue weighted by molar-refractivity contribution is 7.99. The van der Waals surface area contributed by atoms with E-state index in [-0.39, 0.29) is 5.84 Å². The summed E-state index contributed by atoms with van der Waals surface area (Å²) >= 11 is 1.37. The van der Waals surface area contributed by atoms with E-state index in [9.17, 15) is 0 Å². The molecule has 1 aromatic heterocycles. The Morgan fingerprint density at radius 2 is 2.20 bits per heavy atom. The smallest absolute Gasteiger partial charge is 0.195 e. The van der Waals surface area contributed by atoms with Crippen molar-refractivity contribution in [2.24, 2.45) is 17.9 Å². The van der Waals surface area contributed by atoms with Crippen LogP contribution in [0.25, 0.3) is 0 Å². The maximum absolute atomic E-state index is 8.85. The number of aryl methyl sites for hydroxylation is 1. The van der Waals surface area contributed by atoms with E-state index in [1.165, 1.54) is 11.8 Å². The van der Waals surface area contributed by atoms with Crippen molar-refractivity contribution < 1.29 is 9.94 Å². The predicted molar refractivity (Wildman–Crippen MR) is 75.4 cm³/mol. The molecule has 1 heterocycles. The van der Waals surface area contributed by atoms with E-state index in [2.05, 4.69) is 15.4 Å². The molecule has 1 aromatic carbocycles. The van der Waals surface area contributed by atoms with Gasteiger partial charge in [-0.25, -0.2) is 0 Å². The molecular weight excluding hydrogens is 278 g/mol. The van der Waals surface area contributed by atoms with Gasteiger partial charge in [0.15, 0.2) is 11.0 Å². The Balaban J connectivity index is 2.45. The highest BCUT2D eigenvalue weighted by Gasteiger charge is 2.14. The van der Waals surface area contributed by atoms with Gasteiger partial charge < -0.3 is 20.2 Å². The van der Waals surface area contributed by atoms with Crippen molar-refractivity contribution in [2.75, 3.05) is 7.11 Å².